The fraction of sp³-hybridized carbons (Fsp3) is 0.733. The normalized spacial score (nSPS) is 11.9. The van der Waals surface area contributed by atoms with Gasteiger partial charge in [0.1, 0.15) is 0 Å². The molecule has 1 unspecified atom stereocenters. The van der Waals surface area contributed by atoms with E-state index < -0.39 is 11.9 Å². The molecular weight excluding hydrogens is 424 g/mol. The van der Waals surface area contributed by atoms with Crippen molar-refractivity contribution in [3.8, 4) is 0 Å². The quantitative estimate of drug-likeness (QED) is 0.132. The molecule has 0 spiro atoms. The van der Waals surface area contributed by atoms with Crippen molar-refractivity contribution in [2.45, 2.75) is 136 Å². The summed E-state index contributed by atoms with van der Waals surface area (Å²) >= 11 is 0. The molecule has 0 aliphatic heterocycles. The van der Waals surface area contributed by atoms with Gasteiger partial charge in [-0.15, -0.1) is 0 Å². The van der Waals surface area contributed by atoms with Crippen LogP contribution in [0.1, 0.15) is 151 Å². The molecule has 0 aliphatic rings. The largest absolute Gasteiger partial charge is 0.462 e. The molecule has 0 aromatic heterocycles. The Hall–Kier alpha value is -1.84. The van der Waals surface area contributed by atoms with E-state index in [0.29, 0.717) is 17.7 Å². The van der Waals surface area contributed by atoms with E-state index in [0.717, 1.165) is 25.7 Å². The van der Waals surface area contributed by atoms with Gasteiger partial charge in [0, 0.05) is 0 Å². The maximum Gasteiger partial charge on any atom is 0.339 e. The van der Waals surface area contributed by atoms with Gasteiger partial charge >= 0.3 is 11.9 Å². The zero-order chi connectivity index (χ0) is 24.9. The van der Waals surface area contributed by atoms with Crippen LogP contribution in [0.4, 0.5) is 0 Å². The first-order valence-electron chi connectivity index (χ1n) is 14.1. The summed E-state index contributed by atoms with van der Waals surface area (Å²) in [5, 5.41) is 0. The summed E-state index contributed by atoms with van der Waals surface area (Å²) in [5.41, 5.74) is 0.594. The van der Waals surface area contributed by atoms with Gasteiger partial charge in [0.15, 0.2) is 0 Å². The Labute approximate surface area is 209 Å². The van der Waals surface area contributed by atoms with E-state index in [4.69, 9.17) is 9.47 Å². The third kappa shape index (κ3) is 14.4. The first-order chi connectivity index (χ1) is 16.6. The zero-order valence-corrected chi connectivity index (χ0v) is 22.2. The van der Waals surface area contributed by atoms with E-state index in [1.54, 1.807) is 24.3 Å². The van der Waals surface area contributed by atoms with Crippen molar-refractivity contribution in [2.75, 3.05) is 6.61 Å². The lowest BCUT2D eigenvalue weighted by atomic mass is 10.1. The lowest BCUT2D eigenvalue weighted by molar-refractivity contribution is 0.0307. The monoisotopic (exact) mass is 474 g/mol. The second-order valence-corrected chi connectivity index (χ2v) is 9.64. The van der Waals surface area contributed by atoms with E-state index >= 15 is 0 Å². The fourth-order valence-corrected chi connectivity index (χ4v) is 4.19. The van der Waals surface area contributed by atoms with E-state index in [1.165, 1.54) is 83.5 Å². The Kier molecular flexibility index (Phi) is 18.2. The number of unbranched alkanes of at least 4 members (excludes halogenated alkanes) is 14. The van der Waals surface area contributed by atoms with Gasteiger partial charge in [-0.05, 0) is 38.3 Å². The summed E-state index contributed by atoms with van der Waals surface area (Å²) in [6.45, 7) is 6.78. The van der Waals surface area contributed by atoms with Crippen molar-refractivity contribution in [1.82, 2.24) is 0 Å². The Balaban J connectivity index is 2.28. The second-order valence-electron chi connectivity index (χ2n) is 9.64. The molecular formula is C30H50O4. The maximum absolute atomic E-state index is 12.7. The molecule has 0 amide bonds. The molecule has 0 aliphatic carbocycles. The number of hydrogen-bond acceptors (Lipinski definition) is 4. The van der Waals surface area contributed by atoms with Gasteiger partial charge in [0.2, 0.25) is 0 Å². The molecule has 1 aromatic rings. The molecule has 0 radical (unpaired) electrons. The van der Waals surface area contributed by atoms with Crippen LogP contribution in [-0.4, -0.2) is 24.6 Å². The lowest BCUT2D eigenvalue weighted by Crippen LogP contribution is -2.19. The number of benzene rings is 1. The first kappa shape index (κ1) is 30.2. The highest BCUT2D eigenvalue weighted by Gasteiger charge is 2.20. The number of rotatable bonds is 21. The van der Waals surface area contributed by atoms with Crippen LogP contribution in [0.5, 0.6) is 0 Å². The second kappa shape index (κ2) is 20.5. The smallest absolute Gasteiger partial charge is 0.339 e. The molecule has 4 heteroatoms. The molecule has 1 rings (SSSR count). The number of ether oxygens (including phenoxy) is 2. The van der Waals surface area contributed by atoms with Gasteiger partial charge in [0.25, 0.3) is 0 Å². The minimum atomic E-state index is -0.440. The predicted molar refractivity (Wildman–Crippen MR) is 141 cm³/mol. The van der Waals surface area contributed by atoms with Crippen molar-refractivity contribution in [2.24, 2.45) is 0 Å². The average Bonchev–Trinajstić information content (AvgIpc) is 2.84. The standard InChI is InChI=1S/C30H50O4/c1-4-6-8-10-12-13-14-15-17-21-25-33-29(31)27-23-19-20-24-28(27)30(32)34-26(3)22-18-16-11-9-7-5-2/h19-20,23-24,26H,4-18,21-22,25H2,1-3H3. The maximum atomic E-state index is 12.7. The van der Waals surface area contributed by atoms with Crippen LogP contribution in [0.3, 0.4) is 0 Å². The van der Waals surface area contributed by atoms with Crippen LogP contribution in [0, 0.1) is 0 Å². The van der Waals surface area contributed by atoms with Crippen LogP contribution < -0.4 is 0 Å². The molecule has 34 heavy (non-hydrogen) atoms. The van der Waals surface area contributed by atoms with Crippen LogP contribution in [0.2, 0.25) is 0 Å². The summed E-state index contributed by atoms with van der Waals surface area (Å²) in [6, 6.07) is 6.81. The SMILES string of the molecule is CCCCCCCCCCCCOC(=O)c1ccccc1C(=O)OC(C)CCCCCCCC. The minimum absolute atomic E-state index is 0.158. The molecule has 0 saturated carbocycles. The Morgan fingerprint density at radius 2 is 1.09 bits per heavy atom. The Bertz CT molecular complexity index is 655. The summed E-state index contributed by atoms with van der Waals surface area (Å²) in [4.78, 5) is 25.3. The number of esters is 2. The highest BCUT2D eigenvalue weighted by molar-refractivity contribution is 6.03. The van der Waals surface area contributed by atoms with Gasteiger partial charge in [-0.2, -0.15) is 0 Å². The molecule has 0 N–H and O–H groups in total. The molecule has 0 heterocycles. The van der Waals surface area contributed by atoms with Crippen LogP contribution in [0.15, 0.2) is 24.3 Å². The van der Waals surface area contributed by atoms with Crippen molar-refractivity contribution >= 4 is 11.9 Å². The van der Waals surface area contributed by atoms with Crippen molar-refractivity contribution in [3.05, 3.63) is 35.4 Å². The van der Waals surface area contributed by atoms with E-state index in [1.807, 2.05) is 6.92 Å². The van der Waals surface area contributed by atoms with Gasteiger partial charge < -0.3 is 9.47 Å². The predicted octanol–water partition coefficient (Wildman–Crippen LogP) is 9.06. The third-order valence-electron chi connectivity index (χ3n) is 6.37. The molecule has 194 valence electrons. The number of carbonyl (C=O) groups excluding carboxylic acids is 2. The van der Waals surface area contributed by atoms with Gasteiger partial charge in [0.05, 0.1) is 23.8 Å². The highest BCUT2D eigenvalue weighted by Crippen LogP contribution is 2.16. The van der Waals surface area contributed by atoms with Crippen LogP contribution in [0.25, 0.3) is 0 Å². The molecule has 4 nitrogen and oxygen atoms in total. The fourth-order valence-electron chi connectivity index (χ4n) is 4.19. The summed E-state index contributed by atoms with van der Waals surface area (Å²) in [6.07, 6.45) is 20.3. The average molecular weight is 475 g/mol. The van der Waals surface area contributed by atoms with Crippen LogP contribution >= 0.6 is 0 Å². The molecule has 0 fully saturated rings. The molecule has 1 atom stereocenters. The van der Waals surface area contributed by atoms with Crippen molar-refractivity contribution < 1.29 is 19.1 Å². The molecule has 1 aromatic carbocycles. The third-order valence-corrected chi connectivity index (χ3v) is 6.37. The van der Waals surface area contributed by atoms with E-state index in [-0.39, 0.29) is 6.10 Å². The highest BCUT2D eigenvalue weighted by atomic mass is 16.5. The molecule has 0 saturated heterocycles. The topological polar surface area (TPSA) is 52.6 Å². The van der Waals surface area contributed by atoms with E-state index in [2.05, 4.69) is 13.8 Å². The summed E-state index contributed by atoms with van der Waals surface area (Å²) < 4.78 is 11.1. The number of carbonyl (C=O) groups is 2. The molecule has 0 bridgehead atoms. The summed E-state index contributed by atoms with van der Waals surface area (Å²) in [7, 11) is 0. The van der Waals surface area contributed by atoms with Crippen molar-refractivity contribution in [1.29, 1.82) is 0 Å². The van der Waals surface area contributed by atoms with Gasteiger partial charge in [-0.3, -0.25) is 0 Å². The lowest BCUT2D eigenvalue weighted by Gasteiger charge is -2.15. The van der Waals surface area contributed by atoms with Crippen molar-refractivity contribution in [3.63, 3.8) is 0 Å². The summed E-state index contributed by atoms with van der Waals surface area (Å²) in [5.74, 6) is -0.878. The van der Waals surface area contributed by atoms with Gasteiger partial charge in [-0.25, -0.2) is 9.59 Å². The first-order valence-corrected chi connectivity index (χ1v) is 14.1. The van der Waals surface area contributed by atoms with Gasteiger partial charge in [-0.1, -0.05) is 116 Å². The Morgan fingerprint density at radius 1 is 0.647 bits per heavy atom. The van der Waals surface area contributed by atoms with Crippen LogP contribution in [-0.2, 0) is 9.47 Å². The zero-order valence-electron chi connectivity index (χ0n) is 22.2. The minimum Gasteiger partial charge on any atom is -0.462 e. The van der Waals surface area contributed by atoms with E-state index in [9.17, 15) is 9.59 Å². The number of hydrogen-bond donors (Lipinski definition) is 0. The Morgan fingerprint density at radius 3 is 1.62 bits per heavy atom.